The van der Waals surface area contributed by atoms with Crippen LogP contribution in [-0.4, -0.2) is 36.5 Å². The third-order valence-corrected chi connectivity index (χ3v) is 5.01. The summed E-state index contributed by atoms with van der Waals surface area (Å²) < 4.78 is 13.1. The Hall–Kier alpha value is -2.11. The van der Waals surface area contributed by atoms with Crippen LogP contribution in [0, 0.1) is 5.82 Å². The lowest BCUT2D eigenvalue weighted by atomic mass is 10.0. The zero-order chi connectivity index (χ0) is 18.5. The average molecular weight is 376 g/mol. The zero-order valence-electron chi connectivity index (χ0n) is 14.8. The SMILES string of the molecule is CCN1CCC(Nc2cccc(NC(=O)c3ccc(F)cc3Cl)c2)CC1. The summed E-state index contributed by atoms with van der Waals surface area (Å²) in [6.45, 7) is 5.49. The van der Waals surface area contributed by atoms with Crippen molar-refractivity contribution in [1.29, 1.82) is 0 Å². The maximum Gasteiger partial charge on any atom is 0.257 e. The normalized spacial score (nSPS) is 15.7. The molecule has 6 heteroatoms. The minimum atomic E-state index is -0.466. The lowest BCUT2D eigenvalue weighted by Crippen LogP contribution is -2.38. The summed E-state index contributed by atoms with van der Waals surface area (Å²) >= 11 is 5.96. The van der Waals surface area contributed by atoms with Crippen molar-refractivity contribution in [3.05, 3.63) is 58.9 Å². The number of nitrogens with zero attached hydrogens (tertiary/aromatic N) is 1. The Bertz CT molecular complexity index is 775. The molecule has 2 aromatic carbocycles. The standard InChI is InChI=1S/C20H23ClFN3O/c1-2-25-10-8-15(9-11-25)23-16-4-3-5-17(13-16)24-20(26)18-7-6-14(22)12-19(18)21/h3-7,12-13,15,23H,2,8-11H2,1H3,(H,24,26). The Morgan fingerprint density at radius 3 is 2.62 bits per heavy atom. The van der Waals surface area contributed by atoms with Crippen LogP contribution in [0.25, 0.3) is 0 Å². The van der Waals surface area contributed by atoms with Gasteiger partial charge in [0.2, 0.25) is 0 Å². The first-order valence-corrected chi connectivity index (χ1v) is 9.28. The molecule has 1 aliphatic heterocycles. The van der Waals surface area contributed by atoms with Gasteiger partial charge in [0.25, 0.3) is 5.91 Å². The number of benzene rings is 2. The van der Waals surface area contributed by atoms with Crippen LogP contribution >= 0.6 is 11.6 Å². The number of hydrogen-bond acceptors (Lipinski definition) is 3. The first kappa shape index (κ1) is 18.7. The fraction of sp³-hybridized carbons (Fsp3) is 0.350. The third kappa shape index (κ3) is 4.74. The highest BCUT2D eigenvalue weighted by Crippen LogP contribution is 2.22. The predicted octanol–water partition coefficient (Wildman–Crippen LogP) is 4.63. The van der Waals surface area contributed by atoms with Crippen LogP contribution in [0.3, 0.4) is 0 Å². The Morgan fingerprint density at radius 1 is 1.19 bits per heavy atom. The van der Waals surface area contributed by atoms with Gasteiger partial charge in [0, 0.05) is 30.5 Å². The number of likely N-dealkylation sites (tertiary alicyclic amines) is 1. The number of carbonyl (C=O) groups excluding carboxylic acids is 1. The van der Waals surface area contributed by atoms with Crippen molar-refractivity contribution in [2.24, 2.45) is 0 Å². The molecule has 4 nitrogen and oxygen atoms in total. The number of halogens is 2. The minimum Gasteiger partial charge on any atom is -0.382 e. The van der Waals surface area contributed by atoms with Crippen LogP contribution in [0.15, 0.2) is 42.5 Å². The number of rotatable bonds is 5. The van der Waals surface area contributed by atoms with E-state index in [0.717, 1.165) is 44.2 Å². The number of amides is 1. The van der Waals surface area contributed by atoms with E-state index in [1.165, 1.54) is 12.1 Å². The molecule has 0 bridgehead atoms. The Morgan fingerprint density at radius 2 is 1.92 bits per heavy atom. The van der Waals surface area contributed by atoms with Gasteiger partial charge >= 0.3 is 0 Å². The van der Waals surface area contributed by atoms with Crippen molar-refractivity contribution in [1.82, 2.24) is 4.90 Å². The van der Waals surface area contributed by atoms with E-state index >= 15 is 0 Å². The molecule has 138 valence electrons. The Balaban J connectivity index is 1.63. The lowest BCUT2D eigenvalue weighted by Gasteiger charge is -2.32. The quantitative estimate of drug-likeness (QED) is 0.801. The molecule has 0 aromatic heterocycles. The highest BCUT2D eigenvalue weighted by molar-refractivity contribution is 6.34. The molecule has 3 rings (SSSR count). The van der Waals surface area contributed by atoms with Gasteiger partial charge in [-0.3, -0.25) is 4.79 Å². The van der Waals surface area contributed by atoms with Gasteiger partial charge in [0.05, 0.1) is 10.6 Å². The summed E-state index contributed by atoms with van der Waals surface area (Å²) in [5, 5.41) is 6.46. The van der Waals surface area contributed by atoms with Crippen LogP contribution in [0.2, 0.25) is 5.02 Å². The van der Waals surface area contributed by atoms with E-state index in [4.69, 9.17) is 11.6 Å². The van der Waals surface area contributed by atoms with E-state index in [2.05, 4.69) is 22.5 Å². The molecular formula is C20H23ClFN3O. The van der Waals surface area contributed by atoms with Crippen molar-refractivity contribution in [2.75, 3.05) is 30.3 Å². The van der Waals surface area contributed by atoms with Crippen LogP contribution in [0.5, 0.6) is 0 Å². The lowest BCUT2D eigenvalue weighted by molar-refractivity contribution is 0.102. The fourth-order valence-electron chi connectivity index (χ4n) is 3.19. The fourth-order valence-corrected chi connectivity index (χ4v) is 3.44. The van der Waals surface area contributed by atoms with Crippen molar-refractivity contribution in [3.63, 3.8) is 0 Å². The smallest absolute Gasteiger partial charge is 0.257 e. The molecule has 0 atom stereocenters. The van der Waals surface area contributed by atoms with Gasteiger partial charge in [-0.2, -0.15) is 0 Å². The van der Waals surface area contributed by atoms with E-state index in [1.54, 1.807) is 0 Å². The van der Waals surface area contributed by atoms with E-state index in [-0.39, 0.29) is 16.5 Å². The van der Waals surface area contributed by atoms with Crippen LogP contribution < -0.4 is 10.6 Å². The molecule has 2 N–H and O–H groups in total. The molecule has 26 heavy (non-hydrogen) atoms. The highest BCUT2D eigenvalue weighted by Gasteiger charge is 2.18. The van der Waals surface area contributed by atoms with Gasteiger partial charge in [-0.1, -0.05) is 24.6 Å². The molecule has 0 unspecified atom stereocenters. The van der Waals surface area contributed by atoms with Gasteiger partial charge < -0.3 is 15.5 Å². The second kappa shape index (κ2) is 8.52. The van der Waals surface area contributed by atoms with Crippen molar-refractivity contribution >= 4 is 28.9 Å². The van der Waals surface area contributed by atoms with Gasteiger partial charge in [-0.05, 0) is 55.8 Å². The molecule has 0 aliphatic carbocycles. The topological polar surface area (TPSA) is 44.4 Å². The van der Waals surface area contributed by atoms with Crippen molar-refractivity contribution in [3.8, 4) is 0 Å². The number of nitrogens with one attached hydrogen (secondary N) is 2. The minimum absolute atomic E-state index is 0.0967. The van der Waals surface area contributed by atoms with E-state index in [0.29, 0.717) is 11.7 Å². The van der Waals surface area contributed by atoms with Gasteiger partial charge in [0.15, 0.2) is 0 Å². The van der Waals surface area contributed by atoms with Crippen LogP contribution in [0.4, 0.5) is 15.8 Å². The number of hydrogen-bond donors (Lipinski definition) is 2. The number of carbonyl (C=O) groups is 1. The van der Waals surface area contributed by atoms with E-state index in [1.807, 2.05) is 24.3 Å². The summed E-state index contributed by atoms with van der Waals surface area (Å²) in [6, 6.07) is 11.8. The second-order valence-corrected chi connectivity index (χ2v) is 6.92. The molecular weight excluding hydrogens is 353 g/mol. The Kier molecular flexibility index (Phi) is 6.12. The monoisotopic (exact) mass is 375 g/mol. The predicted molar refractivity (Wildman–Crippen MR) is 105 cm³/mol. The van der Waals surface area contributed by atoms with Gasteiger partial charge in [-0.15, -0.1) is 0 Å². The van der Waals surface area contributed by atoms with E-state index in [9.17, 15) is 9.18 Å². The molecule has 0 spiro atoms. The molecule has 0 radical (unpaired) electrons. The maximum atomic E-state index is 13.1. The van der Waals surface area contributed by atoms with Gasteiger partial charge in [0.1, 0.15) is 5.82 Å². The zero-order valence-corrected chi connectivity index (χ0v) is 15.5. The summed E-state index contributed by atoms with van der Waals surface area (Å²) in [5.74, 6) is -0.824. The van der Waals surface area contributed by atoms with E-state index < -0.39 is 5.82 Å². The van der Waals surface area contributed by atoms with Gasteiger partial charge in [-0.25, -0.2) is 4.39 Å². The second-order valence-electron chi connectivity index (χ2n) is 6.51. The largest absolute Gasteiger partial charge is 0.382 e. The summed E-state index contributed by atoms with van der Waals surface area (Å²) in [5.41, 5.74) is 1.90. The average Bonchev–Trinajstić information content (AvgIpc) is 2.62. The molecule has 2 aromatic rings. The first-order valence-electron chi connectivity index (χ1n) is 8.90. The third-order valence-electron chi connectivity index (χ3n) is 4.70. The van der Waals surface area contributed by atoms with Crippen LogP contribution in [-0.2, 0) is 0 Å². The number of anilines is 2. The van der Waals surface area contributed by atoms with Crippen molar-refractivity contribution in [2.45, 2.75) is 25.8 Å². The molecule has 1 saturated heterocycles. The molecule has 1 fully saturated rings. The first-order chi connectivity index (χ1) is 12.5. The summed E-state index contributed by atoms with van der Waals surface area (Å²) in [4.78, 5) is 14.8. The molecule has 1 heterocycles. The van der Waals surface area contributed by atoms with Crippen molar-refractivity contribution < 1.29 is 9.18 Å². The number of piperidine rings is 1. The highest BCUT2D eigenvalue weighted by atomic mass is 35.5. The maximum absolute atomic E-state index is 13.1. The molecule has 1 amide bonds. The van der Waals surface area contributed by atoms with Crippen LogP contribution in [0.1, 0.15) is 30.1 Å². The molecule has 1 aliphatic rings. The summed E-state index contributed by atoms with van der Waals surface area (Å²) in [6.07, 6.45) is 2.21. The molecule has 0 saturated carbocycles. The Labute approximate surface area is 158 Å². The summed E-state index contributed by atoms with van der Waals surface area (Å²) in [7, 11) is 0.